The molecule has 5 aliphatic rings. The first-order valence-corrected chi connectivity index (χ1v) is 13.0. The molecule has 0 nitrogen and oxygen atoms in total. The van der Waals surface area contributed by atoms with E-state index in [1.807, 2.05) is 0 Å². The third-order valence-electron chi connectivity index (χ3n) is 10.8. The largest absolute Gasteiger partial charge is 0.0837 e. The summed E-state index contributed by atoms with van der Waals surface area (Å²) in [5, 5.41) is 3.24. The molecule has 4 saturated carbocycles. The van der Waals surface area contributed by atoms with Gasteiger partial charge in [0.1, 0.15) is 0 Å². The van der Waals surface area contributed by atoms with Gasteiger partial charge in [0.05, 0.1) is 0 Å². The molecule has 0 heterocycles. The van der Waals surface area contributed by atoms with Crippen LogP contribution in [-0.4, -0.2) is 0 Å². The van der Waals surface area contributed by atoms with Crippen LogP contribution in [0.5, 0.6) is 0 Å². The summed E-state index contributed by atoms with van der Waals surface area (Å²) in [7, 11) is 0. The van der Waals surface area contributed by atoms with Gasteiger partial charge in [-0.2, -0.15) is 0 Å². The van der Waals surface area contributed by atoms with E-state index in [4.69, 9.17) is 11.6 Å². The van der Waals surface area contributed by atoms with Crippen molar-refractivity contribution in [1.29, 1.82) is 0 Å². The predicted molar refractivity (Wildman–Crippen MR) is 135 cm³/mol. The fourth-order valence-corrected chi connectivity index (χ4v) is 10.3. The molecule has 0 aliphatic heterocycles. The first-order chi connectivity index (χ1) is 16.2. The van der Waals surface area contributed by atoms with Crippen molar-refractivity contribution in [2.75, 3.05) is 0 Å². The second kappa shape index (κ2) is 5.56. The van der Waals surface area contributed by atoms with Crippen LogP contribution in [0.3, 0.4) is 0 Å². The van der Waals surface area contributed by atoms with Crippen LogP contribution in [0.15, 0.2) is 78.9 Å². The van der Waals surface area contributed by atoms with Crippen molar-refractivity contribution in [3.8, 4) is 22.3 Å². The molecule has 4 aromatic rings. The molecule has 0 N–H and O–H groups in total. The SMILES string of the molecule is Clc1ccc(-c2cccc3c2-c2ccccc2C32C3CC4CC5CC2C53C4)c2ccccc12. The van der Waals surface area contributed by atoms with Crippen LogP contribution in [0.2, 0.25) is 5.02 Å². The highest BCUT2D eigenvalue weighted by molar-refractivity contribution is 6.36. The van der Waals surface area contributed by atoms with Gasteiger partial charge in [0.25, 0.3) is 0 Å². The minimum absolute atomic E-state index is 0.260. The summed E-state index contributed by atoms with van der Waals surface area (Å²) < 4.78 is 0. The third kappa shape index (κ3) is 1.72. The van der Waals surface area contributed by atoms with Crippen molar-refractivity contribution >= 4 is 22.4 Å². The Morgan fingerprint density at radius 2 is 1.39 bits per heavy atom. The fourth-order valence-electron chi connectivity index (χ4n) is 10.1. The van der Waals surface area contributed by atoms with Gasteiger partial charge in [-0.25, -0.2) is 0 Å². The number of benzene rings is 4. The quantitative estimate of drug-likeness (QED) is 0.276. The summed E-state index contributed by atoms with van der Waals surface area (Å²) in [6.07, 6.45) is 5.95. The molecule has 1 heteroatoms. The second-order valence-electron chi connectivity index (χ2n) is 11.5. The fraction of sp³-hybridized carbons (Fsp3) is 0.312. The van der Waals surface area contributed by atoms with Crippen LogP contribution in [0.4, 0.5) is 0 Å². The lowest BCUT2D eigenvalue weighted by molar-refractivity contribution is -0.231. The lowest BCUT2D eigenvalue weighted by atomic mass is 9.27. The van der Waals surface area contributed by atoms with Gasteiger partial charge in [-0.15, -0.1) is 0 Å². The van der Waals surface area contributed by atoms with Crippen LogP contribution in [0.25, 0.3) is 33.0 Å². The van der Waals surface area contributed by atoms with Gasteiger partial charge in [0, 0.05) is 15.8 Å². The number of hydrogen-bond donors (Lipinski definition) is 0. The van der Waals surface area contributed by atoms with Crippen molar-refractivity contribution in [3.05, 3.63) is 95.0 Å². The molecule has 0 amide bonds. The average Bonchev–Trinajstić information content (AvgIpc) is 3.47. The van der Waals surface area contributed by atoms with E-state index >= 15 is 0 Å². The highest BCUT2D eigenvalue weighted by Crippen LogP contribution is 2.89. The molecular formula is C32H25Cl. The summed E-state index contributed by atoms with van der Waals surface area (Å²) in [6, 6.07) is 29.5. The Kier molecular flexibility index (Phi) is 3.00. The van der Waals surface area contributed by atoms with Crippen molar-refractivity contribution in [3.63, 3.8) is 0 Å². The van der Waals surface area contributed by atoms with Gasteiger partial charge < -0.3 is 0 Å². The van der Waals surface area contributed by atoms with Crippen molar-refractivity contribution in [2.24, 2.45) is 29.1 Å². The number of halogens is 1. The monoisotopic (exact) mass is 444 g/mol. The molecule has 6 unspecified atom stereocenters. The smallest absolute Gasteiger partial charge is 0.0484 e. The minimum Gasteiger partial charge on any atom is -0.0837 e. The normalized spacial score (nSPS) is 35.8. The van der Waals surface area contributed by atoms with E-state index in [9.17, 15) is 0 Å². The lowest BCUT2D eigenvalue weighted by Gasteiger charge is -2.76. The Balaban J connectivity index is 1.36. The van der Waals surface area contributed by atoms with Gasteiger partial charge in [-0.3, -0.25) is 0 Å². The van der Waals surface area contributed by atoms with E-state index in [1.165, 1.54) is 53.3 Å². The molecule has 33 heavy (non-hydrogen) atoms. The Morgan fingerprint density at radius 3 is 2.30 bits per heavy atom. The maximum absolute atomic E-state index is 6.61. The molecule has 2 bridgehead atoms. The highest BCUT2D eigenvalue weighted by atomic mass is 35.5. The molecule has 4 aromatic carbocycles. The van der Waals surface area contributed by atoms with E-state index in [2.05, 4.69) is 78.9 Å². The molecule has 2 spiro atoms. The predicted octanol–water partition coefficient (Wildman–Crippen LogP) is 8.49. The molecule has 9 rings (SSSR count). The maximum atomic E-state index is 6.61. The van der Waals surface area contributed by atoms with Crippen LogP contribution in [0.1, 0.15) is 36.8 Å². The standard InChI is InChI=1S/C32H25Cl/c33-27-13-12-21(20-6-1-2-7-22(20)27)23-9-5-11-26-30(23)24-8-3-4-10-25(24)32(26)28-15-18-14-19-16-29(32)31(19,28)17-18/h1-13,18-19,28-29H,14-17H2. The van der Waals surface area contributed by atoms with Gasteiger partial charge in [0.2, 0.25) is 0 Å². The molecule has 6 atom stereocenters. The van der Waals surface area contributed by atoms with Gasteiger partial charge in [-0.05, 0) is 99.6 Å². The van der Waals surface area contributed by atoms with Crippen LogP contribution >= 0.6 is 11.6 Å². The zero-order valence-corrected chi connectivity index (χ0v) is 19.3. The van der Waals surface area contributed by atoms with Crippen molar-refractivity contribution < 1.29 is 0 Å². The number of fused-ring (bicyclic) bond motifs is 9. The van der Waals surface area contributed by atoms with E-state index in [0.29, 0.717) is 5.41 Å². The Hall–Kier alpha value is -2.57. The molecule has 0 radical (unpaired) electrons. The topological polar surface area (TPSA) is 0 Å². The molecule has 0 aromatic heterocycles. The number of hydrogen-bond acceptors (Lipinski definition) is 0. The van der Waals surface area contributed by atoms with E-state index in [-0.39, 0.29) is 5.41 Å². The van der Waals surface area contributed by atoms with Crippen LogP contribution in [-0.2, 0) is 5.41 Å². The molecule has 5 aliphatic carbocycles. The van der Waals surface area contributed by atoms with Crippen molar-refractivity contribution in [2.45, 2.75) is 31.1 Å². The zero-order valence-electron chi connectivity index (χ0n) is 18.5. The van der Waals surface area contributed by atoms with Gasteiger partial charge >= 0.3 is 0 Å². The van der Waals surface area contributed by atoms with Crippen LogP contribution < -0.4 is 0 Å². The lowest BCUT2D eigenvalue weighted by Crippen LogP contribution is -2.73. The summed E-state index contributed by atoms with van der Waals surface area (Å²) in [5.41, 5.74) is 9.89. The average molecular weight is 445 g/mol. The zero-order chi connectivity index (χ0) is 21.5. The van der Waals surface area contributed by atoms with Gasteiger partial charge in [-0.1, -0.05) is 84.4 Å². The Labute approximate surface area is 199 Å². The molecular weight excluding hydrogens is 420 g/mol. The summed E-state index contributed by atoms with van der Waals surface area (Å²) in [4.78, 5) is 0. The third-order valence-corrected chi connectivity index (χ3v) is 11.1. The maximum Gasteiger partial charge on any atom is 0.0484 e. The molecule has 160 valence electrons. The Bertz CT molecular complexity index is 1530. The summed E-state index contributed by atoms with van der Waals surface area (Å²) in [6.45, 7) is 0. The van der Waals surface area contributed by atoms with Crippen LogP contribution in [0, 0.1) is 29.1 Å². The van der Waals surface area contributed by atoms with E-state index in [1.54, 1.807) is 11.1 Å². The Morgan fingerprint density at radius 1 is 0.636 bits per heavy atom. The van der Waals surface area contributed by atoms with Crippen molar-refractivity contribution in [1.82, 2.24) is 0 Å². The first kappa shape index (κ1) is 17.8. The minimum atomic E-state index is 0.260. The highest BCUT2D eigenvalue weighted by Gasteiger charge is 2.84. The van der Waals surface area contributed by atoms with E-state index in [0.717, 1.165) is 34.1 Å². The number of rotatable bonds is 1. The molecule has 0 saturated heterocycles. The summed E-state index contributed by atoms with van der Waals surface area (Å²) in [5.74, 6) is 3.72. The summed E-state index contributed by atoms with van der Waals surface area (Å²) >= 11 is 6.61. The van der Waals surface area contributed by atoms with Gasteiger partial charge in [0.15, 0.2) is 0 Å². The second-order valence-corrected chi connectivity index (χ2v) is 11.9. The molecule has 4 fully saturated rings. The van der Waals surface area contributed by atoms with E-state index < -0.39 is 0 Å². The first-order valence-electron chi connectivity index (χ1n) is 12.7.